The quantitative estimate of drug-likeness (QED) is 0.747. The highest BCUT2D eigenvalue weighted by atomic mass is 35.5. The zero-order valence-electron chi connectivity index (χ0n) is 7.07. The SMILES string of the molecule is Nc1cc([C@H](N)C2CC2)c(Cl)nn1. The van der Waals surface area contributed by atoms with Crippen LogP contribution >= 0.6 is 11.6 Å². The number of nitrogen functional groups attached to an aromatic ring is 1. The third-order valence-corrected chi connectivity index (χ3v) is 2.58. The molecule has 1 aliphatic carbocycles. The molecule has 1 aromatic heterocycles. The van der Waals surface area contributed by atoms with Crippen molar-refractivity contribution in [2.75, 3.05) is 5.73 Å². The van der Waals surface area contributed by atoms with Gasteiger partial charge in [-0.3, -0.25) is 0 Å². The molecule has 0 radical (unpaired) electrons. The summed E-state index contributed by atoms with van der Waals surface area (Å²) in [4.78, 5) is 0. The Morgan fingerprint density at radius 3 is 2.77 bits per heavy atom. The first-order valence-corrected chi connectivity index (χ1v) is 4.60. The molecule has 0 aliphatic heterocycles. The van der Waals surface area contributed by atoms with Crippen molar-refractivity contribution in [3.63, 3.8) is 0 Å². The van der Waals surface area contributed by atoms with Gasteiger partial charge in [-0.1, -0.05) is 11.6 Å². The zero-order valence-corrected chi connectivity index (χ0v) is 7.83. The maximum atomic E-state index is 5.96. The summed E-state index contributed by atoms with van der Waals surface area (Å²) < 4.78 is 0. The fourth-order valence-corrected chi connectivity index (χ4v) is 1.57. The topological polar surface area (TPSA) is 77.8 Å². The van der Waals surface area contributed by atoms with Gasteiger partial charge in [-0.05, 0) is 24.8 Å². The van der Waals surface area contributed by atoms with Gasteiger partial charge in [0.15, 0.2) is 5.15 Å². The number of hydrogen-bond donors (Lipinski definition) is 2. The van der Waals surface area contributed by atoms with Crippen molar-refractivity contribution >= 4 is 17.4 Å². The molecular weight excluding hydrogens is 188 g/mol. The van der Waals surface area contributed by atoms with Gasteiger partial charge in [0.25, 0.3) is 0 Å². The van der Waals surface area contributed by atoms with E-state index in [2.05, 4.69) is 10.2 Å². The van der Waals surface area contributed by atoms with Crippen molar-refractivity contribution in [1.82, 2.24) is 10.2 Å². The third kappa shape index (κ3) is 1.73. The lowest BCUT2D eigenvalue weighted by molar-refractivity contribution is 0.629. The van der Waals surface area contributed by atoms with Crippen LogP contribution in [0.3, 0.4) is 0 Å². The summed E-state index contributed by atoms with van der Waals surface area (Å²) in [5.74, 6) is 0.914. The lowest BCUT2D eigenvalue weighted by Gasteiger charge is -2.11. The van der Waals surface area contributed by atoms with E-state index in [9.17, 15) is 0 Å². The van der Waals surface area contributed by atoms with Gasteiger partial charge in [0.1, 0.15) is 5.82 Å². The Morgan fingerprint density at radius 1 is 1.46 bits per heavy atom. The van der Waals surface area contributed by atoms with Gasteiger partial charge in [0, 0.05) is 11.6 Å². The molecule has 1 aromatic rings. The molecule has 5 heteroatoms. The molecule has 1 aliphatic rings. The standard InChI is InChI=1S/C8H11ClN4/c9-8-5(3-6(10)12-13-8)7(11)4-1-2-4/h3-4,7H,1-2,11H2,(H2,10,12)/t7-/m1/s1. The maximum absolute atomic E-state index is 5.96. The summed E-state index contributed by atoms with van der Waals surface area (Å²) in [6, 6.07) is 1.67. The van der Waals surface area contributed by atoms with Crippen LogP contribution in [0.25, 0.3) is 0 Å². The number of rotatable bonds is 2. The summed E-state index contributed by atoms with van der Waals surface area (Å²) in [5.41, 5.74) is 12.3. The van der Waals surface area contributed by atoms with Crippen molar-refractivity contribution in [2.45, 2.75) is 18.9 Å². The Labute approximate surface area is 81.3 Å². The van der Waals surface area contributed by atoms with Gasteiger partial charge >= 0.3 is 0 Å². The number of aromatic nitrogens is 2. The minimum Gasteiger partial charge on any atom is -0.382 e. The van der Waals surface area contributed by atoms with Crippen LogP contribution in [0.4, 0.5) is 5.82 Å². The Hall–Kier alpha value is -0.870. The molecule has 0 amide bonds. The van der Waals surface area contributed by atoms with Crippen LogP contribution in [-0.2, 0) is 0 Å². The predicted octanol–water partition coefficient (Wildman–Crippen LogP) is 1.12. The number of nitrogens with zero attached hydrogens (tertiary/aromatic N) is 2. The van der Waals surface area contributed by atoms with Crippen molar-refractivity contribution in [3.05, 3.63) is 16.8 Å². The van der Waals surface area contributed by atoms with Gasteiger partial charge in [0.05, 0.1) is 0 Å². The maximum Gasteiger partial charge on any atom is 0.156 e. The fourth-order valence-electron chi connectivity index (χ4n) is 1.35. The summed E-state index contributed by atoms with van der Waals surface area (Å²) in [6.45, 7) is 0. The highest BCUT2D eigenvalue weighted by molar-refractivity contribution is 6.30. The number of halogens is 1. The van der Waals surface area contributed by atoms with Crippen LogP contribution in [0.5, 0.6) is 0 Å². The summed E-state index contributed by atoms with van der Waals surface area (Å²) >= 11 is 5.85. The van der Waals surface area contributed by atoms with E-state index in [-0.39, 0.29) is 6.04 Å². The van der Waals surface area contributed by atoms with Crippen LogP contribution in [-0.4, -0.2) is 10.2 Å². The van der Waals surface area contributed by atoms with Crippen LogP contribution in [0.2, 0.25) is 5.15 Å². The van der Waals surface area contributed by atoms with Crippen LogP contribution in [0.15, 0.2) is 6.07 Å². The molecule has 4 N–H and O–H groups in total. The van der Waals surface area contributed by atoms with E-state index in [0.717, 1.165) is 5.56 Å². The number of anilines is 1. The highest BCUT2D eigenvalue weighted by Crippen LogP contribution is 2.40. The first-order chi connectivity index (χ1) is 6.18. The van der Waals surface area contributed by atoms with E-state index in [0.29, 0.717) is 16.9 Å². The van der Waals surface area contributed by atoms with E-state index in [1.54, 1.807) is 6.07 Å². The predicted molar refractivity (Wildman–Crippen MR) is 51.1 cm³/mol. The summed E-state index contributed by atoms with van der Waals surface area (Å²) in [7, 11) is 0. The Morgan fingerprint density at radius 2 is 2.15 bits per heavy atom. The minimum absolute atomic E-state index is 0.0368. The van der Waals surface area contributed by atoms with Crippen molar-refractivity contribution in [1.29, 1.82) is 0 Å². The first kappa shape index (κ1) is 8.72. The molecule has 1 fully saturated rings. The molecular formula is C8H11ClN4. The second-order valence-electron chi connectivity index (χ2n) is 3.38. The number of hydrogen-bond acceptors (Lipinski definition) is 4. The molecule has 1 atom stereocenters. The molecule has 1 saturated carbocycles. The third-order valence-electron chi connectivity index (χ3n) is 2.28. The molecule has 0 spiro atoms. The molecule has 0 bridgehead atoms. The average molecular weight is 199 g/mol. The van der Waals surface area contributed by atoms with Crippen LogP contribution in [0.1, 0.15) is 24.4 Å². The molecule has 4 nitrogen and oxygen atoms in total. The van der Waals surface area contributed by atoms with Crippen LogP contribution < -0.4 is 11.5 Å². The second kappa shape index (κ2) is 3.12. The molecule has 0 unspecified atom stereocenters. The first-order valence-electron chi connectivity index (χ1n) is 4.22. The molecule has 0 saturated heterocycles. The van der Waals surface area contributed by atoms with Crippen molar-refractivity contribution < 1.29 is 0 Å². The smallest absolute Gasteiger partial charge is 0.156 e. The molecule has 1 heterocycles. The lowest BCUT2D eigenvalue weighted by Crippen LogP contribution is -2.14. The molecule has 2 rings (SSSR count). The van der Waals surface area contributed by atoms with E-state index >= 15 is 0 Å². The van der Waals surface area contributed by atoms with Crippen molar-refractivity contribution in [2.24, 2.45) is 11.7 Å². The Kier molecular flexibility index (Phi) is 2.09. The second-order valence-corrected chi connectivity index (χ2v) is 3.74. The average Bonchev–Trinajstić information content (AvgIpc) is 2.91. The Balaban J connectivity index is 2.31. The van der Waals surface area contributed by atoms with Crippen molar-refractivity contribution in [3.8, 4) is 0 Å². The lowest BCUT2D eigenvalue weighted by atomic mass is 10.1. The van der Waals surface area contributed by atoms with Gasteiger partial charge in [-0.2, -0.15) is 0 Å². The van der Waals surface area contributed by atoms with Gasteiger partial charge in [0.2, 0.25) is 0 Å². The van der Waals surface area contributed by atoms with Crippen LogP contribution in [0, 0.1) is 5.92 Å². The molecule has 70 valence electrons. The molecule has 13 heavy (non-hydrogen) atoms. The normalized spacial score (nSPS) is 18.6. The van der Waals surface area contributed by atoms with Gasteiger partial charge in [-0.25, -0.2) is 0 Å². The minimum atomic E-state index is -0.0368. The zero-order chi connectivity index (χ0) is 9.42. The highest BCUT2D eigenvalue weighted by Gasteiger charge is 2.31. The van der Waals surface area contributed by atoms with Gasteiger partial charge < -0.3 is 11.5 Å². The van der Waals surface area contributed by atoms with Gasteiger partial charge in [-0.15, -0.1) is 10.2 Å². The monoisotopic (exact) mass is 198 g/mol. The van der Waals surface area contributed by atoms with E-state index in [1.165, 1.54) is 12.8 Å². The summed E-state index contributed by atoms with van der Waals surface area (Å²) in [5, 5.41) is 7.73. The Bertz CT molecular complexity index is 324. The number of nitrogens with two attached hydrogens (primary N) is 2. The largest absolute Gasteiger partial charge is 0.382 e. The van der Waals surface area contributed by atoms with E-state index in [1.807, 2.05) is 0 Å². The molecule has 0 aromatic carbocycles. The van der Waals surface area contributed by atoms with E-state index in [4.69, 9.17) is 23.1 Å². The van der Waals surface area contributed by atoms with E-state index < -0.39 is 0 Å². The summed E-state index contributed by atoms with van der Waals surface area (Å²) in [6.07, 6.45) is 2.33. The fraction of sp³-hybridized carbons (Fsp3) is 0.500.